The Kier molecular flexibility index (Phi) is 5.65. The number of benzene rings is 1. The minimum absolute atomic E-state index is 0.105. The lowest BCUT2D eigenvalue weighted by atomic mass is 10.0. The van der Waals surface area contributed by atoms with Gasteiger partial charge in [-0.1, -0.05) is 29.8 Å². The van der Waals surface area contributed by atoms with Crippen molar-refractivity contribution in [3.05, 3.63) is 34.9 Å². The molecule has 1 fully saturated rings. The average Bonchev–Trinajstić information content (AvgIpc) is 2.89. The first-order valence-electron chi connectivity index (χ1n) is 7.72. The zero-order chi connectivity index (χ0) is 17.1. The highest BCUT2D eigenvalue weighted by Gasteiger charge is 2.42. The van der Waals surface area contributed by atoms with Crippen molar-refractivity contribution in [1.82, 2.24) is 9.80 Å². The monoisotopic (exact) mass is 338 g/mol. The van der Waals surface area contributed by atoms with Crippen LogP contribution in [0, 0.1) is 5.92 Å². The predicted molar refractivity (Wildman–Crippen MR) is 88.9 cm³/mol. The minimum Gasteiger partial charge on any atom is -0.390 e. The standard InChI is InChI=1S/C17H23ClN2O3/c1-11(21)20(3)15-9-8-13(16(15)22)17(23)19(2)10-12-6-4-5-7-14(12)18/h4-7,13,15-16,22H,8-10H2,1-3H3/t13-,15-,16+/m1/s1. The smallest absolute Gasteiger partial charge is 0.228 e. The Morgan fingerprint density at radius 3 is 2.52 bits per heavy atom. The molecule has 1 saturated carbocycles. The van der Waals surface area contributed by atoms with Gasteiger partial charge in [0, 0.05) is 32.6 Å². The number of hydrogen-bond acceptors (Lipinski definition) is 3. The first-order valence-corrected chi connectivity index (χ1v) is 8.10. The number of carbonyl (C=O) groups excluding carboxylic acids is 2. The summed E-state index contributed by atoms with van der Waals surface area (Å²) in [6.45, 7) is 1.86. The first kappa shape index (κ1) is 17.8. The fourth-order valence-corrected chi connectivity index (χ4v) is 3.32. The minimum atomic E-state index is -0.829. The first-order chi connectivity index (χ1) is 10.8. The molecule has 5 nitrogen and oxygen atoms in total. The molecule has 0 radical (unpaired) electrons. The Morgan fingerprint density at radius 2 is 1.91 bits per heavy atom. The maximum absolute atomic E-state index is 12.6. The van der Waals surface area contributed by atoms with E-state index in [4.69, 9.17) is 11.6 Å². The second kappa shape index (κ2) is 7.32. The molecule has 6 heteroatoms. The van der Waals surface area contributed by atoms with Crippen LogP contribution >= 0.6 is 11.6 Å². The lowest BCUT2D eigenvalue weighted by Crippen LogP contribution is -2.45. The third kappa shape index (κ3) is 3.85. The molecule has 0 spiro atoms. The molecule has 23 heavy (non-hydrogen) atoms. The quantitative estimate of drug-likeness (QED) is 0.912. The van der Waals surface area contributed by atoms with Gasteiger partial charge in [-0.3, -0.25) is 9.59 Å². The molecule has 1 aliphatic carbocycles. The van der Waals surface area contributed by atoms with Crippen LogP contribution in [0.2, 0.25) is 5.02 Å². The molecule has 2 rings (SSSR count). The number of rotatable bonds is 4. The lowest BCUT2D eigenvalue weighted by Gasteiger charge is -2.29. The molecule has 126 valence electrons. The fourth-order valence-electron chi connectivity index (χ4n) is 3.13. The summed E-state index contributed by atoms with van der Waals surface area (Å²) in [4.78, 5) is 27.2. The van der Waals surface area contributed by atoms with Crippen LogP contribution in [0.15, 0.2) is 24.3 Å². The van der Waals surface area contributed by atoms with E-state index in [9.17, 15) is 14.7 Å². The van der Waals surface area contributed by atoms with Gasteiger partial charge in [0.15, 0.2) is 0 Å². The number of hydrogen-bond donors (Lipinski definition) is 1. The van der Waals surface area contributed by atoms with Crippen LogP contribution in [-0.2, 0) is 16.1 Å². The average molecular weight is 339 g/mol. The molecule has 1 aromatic rings. The van der Waals surface area contributed by atoms with Crippen molar-refractivity contribution in [3.63, 3.8) is 0 Å². The maximum Gasteiger partial charge on any atom is 0.228 e. The number of aliphatic hydroxyl groups is 1. The van der Waals surface area contributed by atoms with E-state index >= 15 is 0 Å². The summed E-state index contributed by atoms with van der Waals surface area (Å²) in [5.41, 5.74) is 0.870. The van der Waals surface area contributed by atoms with Crippen molar-refractivity contribution in [2.45, 2.75) is 38.5 Å². The number of aliphatic hydroxyl groups excluding tert-OH is 1. The summed E-state index contributed by atoms with van der Waals surface area (Å²) >= 11 is 6.13. The van der Waals surface area contributed by atoms with Gasteiger partial charge in [-0.15, -0.1) is 0 Å². The van der Waals surface area contributed by atoms with Crippen LogP contribution in [0.25, 0.3) is 0 Å². The second-order valence-corrected chi connectivity index (χ2v) is 6.56. The Hall–Kier alpha value is -1.59. The lowest BCUT2D eigenvalue weighted by molar-refractivity contribution is -0.140. The van der Waals surface area contributed by atoms with Gasteiger partial charge in [-0.2, -0.15) is 0 Å². The van der Waals surface area contributed by atoms with Gasteiger partial charge >= 0.3 is 0 Å². The van der Waals surface area contributed by atoms with Crippen LogP contribution in [0.3, 0.4) is 0 Å². The van der Waals surface area contributed by atoms with Gasteiger partial charge in [-0.05, 0) is 24.5 Å². The van der Waals surface area contributed by atoms with Crippen LogP contribution in [0.5, 0.6) is 0 Å². The van der Waals surface area contributed by atoms with Gasteiger partial charge in [-0.25, -0.2) is 0 Å². The van der Waals surface area contributed by atoms with Gasteiger partial charge in [0.25, 0.3) is 0 Å². The van der Waals surface area contributed by atoms with E-state index in [1.807, 2.05) is 18.2 Å². The van der Waals surface area contributed by atoms with Gasteiger partial charge in [0.2, 0.25) is 11.8 Å². The van der Waals surface area contributed by atoms with Crippen LogP contribution in [0.4, 0.5) is 0 Å². The Bertz CT molecular complexity index is 593. The molecule has 0 aromatic heterocycles. The number of likely N-dealkylation sites (N-methyl/N-ethyl adjacent to an activating group) is 1. The summed E-state index contributed by atoms with van der Waals surface area (Å²) in [5.74, 6) is -0.697. The summed E-state index contributed by atoms with van der Waals surface area (Å²) < 4.78 is 0. The molecule has 1 aromatic carbocycles. The molecule has 3 atom stereocenters. The van der Waals surface area contributed by atoms with Crippen molar-refractivity contribution in [2.75, 3.05) is 14.1 Å². The zero-order valence-electron chi connectivity index (χ0n) is 13.7. The third-order valence-corrected chi connectivity index (χ3v) is 5.00. The van der Waals surface area contributed by atoms with E-state index in [0.717, 1.165) is 5.56 Å². The van der Waals surface area contributed by atoms with Crippen LogP contribution in [-0.4, -0.2) is 53.0 Å². The Labute approximate surface area is 141 Å². The van der Waals surface area contributed by atoms with E-state index in [-0.39, 0.29) is 17.9 Å². The molecule has 0 bridgehead atoms. The highest BCUT2D eigenvalue weighted by molar-refractivity contribution is 6.31. The van der Waals surface area contributed by atoms with E-state index in [1.165, 1.54) is 11.8 Å². The number of halogens is 1. The summed E-state index contributed by atoms with van der Waals surface area (Å²) in [7, 11) is 3.37. The molecule has 2 amide bonds. The topological polar surface area (TPSA) is 60.9 Å². The Morgan fingerprint density at radius 1 is 1.26 bits per heavy atom. The van der Waals surface area contributed by atoms with E-state index in [0.29, 0.717) is 24.4 Å². The van der Waals surface area contributed by atoms with Crippen molar-refractivity contribution in [1.29, 1.82) is 0 Å². The van der Waals surface area contributed by atoms with Crippen molar-refractivity contribution >= 4 is 23.4 Å². The molecule has 0 unspecified atom stereocenters. The van der Waals surface area contributed by atoms with Gasteiger partial charge < -0.3 is 14.9 Å². The summed E-state index contributed by atoms with van der Waals surface area (Å²) in [6, 6.07) is 7.09. The molecule has 0 aliphatic heterocycles. The van der Waals surface area contributed by atoms with Gasteiger partial charge in [0.05, 0.1) is 18.1 Å². The van der Waals surface area contributed by atoms with E-state index in [2.05, 4.69) is 0 Å². The maximum atomic E-state index is 12.6. The van der Waals surface area contributed by atoms with Crippen LogP contribution < -0.4 is 0 Å². The van der Waals surface area contributed by atoms with Crippen molar-refractivity contribution < 1.29 is 14.7 Å². The van der Waals surface area contributed by atoms with Crippen molar-refractivity contribution in [3.8, 4) is 0 Å². The summed E-state index contributed by atoms with van der Waals surface area (Å²) in [5, 5.41) is 11.1. The summed E-state index contributed by atoms with van der Waals surface area (Å²) in [6.07, 6.45) is 0.382. The molecule has 1 aliphatic rings. The Balaban J connectivity index is 2.03. The molecule has 0 heterocycles. The third-order valence-electron chi connectivity index (χ3n) is 4.63. The number of carbonyl (C=O) groups is 2. The highest BCUT2D eigenvalue weighted by atomic mass is 35.5. The molecular weight excluding hydrogens is 316 g/mol. The second-order valence-electron chi connectivity index (χ2n) is 6.16. The SMILES string of the molecule is CC(=O)N(C)[C@@H]1CC[C@@H](C(=O)N(C)Cc2ccccc2Cl)[C@@H]1O. The van der Waals surface area contributed by atoms with Crippen molar-refractivity contribution in [2.24, 2.45) is 5.92 Å². The normalized spacial score (nSPS) is 23.6. The van der Waals surface area contributed by atoms with Gasteiger partial charge in [0.1, 0.15) is 0 Å². The predicted octanol–water partition coefficient (Wildman–Crippen LogP) is 1.92. The molecular formula is C17H23ClN2O3. The number of nitrogens with zero attached hydrogens (tertiary/aromatic N) is 2. The van der Waals surface area contributed by atoms with Crippen LogP contribution in [0.1, 0.15) is 25.3 Å². The molecule has 1 N–H and O–H groups in total. The fraction of sp³-hybridized carbons (Fsp3) is 0.529. The number of amides is 2. The van der Waals surface area contributed by atoms with E-state index < -0.39 is 12.0 Å². The highest BCUT2D eigenvalue weighted by Crippen LogP contribution is 2.31. The van der Waals surface area contributed by atoms with E-state index in [1.54, 1.807) is 25.1 Å². The zero-order valence-corrected chi connectivity index (χ0v) is 14.5. The largest absolute Gasteiger partial charge is 0.390 e. The molecule has 0 saturated heterocycles.